The number of carbonyl (C=O) groups is 2. The van der Waals surface area contributed by atoms with Gasteiger partial charge in [-0.05, 0) is 63.2 Å². The molecule has 0 aromatic heterocycles. The van der Waals surface area contributed by atoms with Crippen molar-refractivity contribution in [3.8, 4) is 0 Å². The first-order valence-electron chi connectivity index (χ1n) is 8.17. The van der Waals surface area contributed by atoms with Crippen molar-refractivity contribution in [2.75, 3.05) is 20.2 Å². The highest BCUT2D eigenvalue weighted by Crippen LogP contribution is 2.55. The first-order valence-corrected chi connectivity index (χ1v) is 8.17. The van der Waals surface area contributed by atoms with Crippen LogP contribution in [0.4, 0.5) is 4.79 Å². The number of hydrogen-bond acceptors (Lipinski definition) is 3. The van der Waals surface area contributed by atoms with Gasteiger partial charge >= 0.3 is 12.0 Å². The Morgan fingerprint density at radius 1 is 1.14 bits per heavy atom. The summed E-state index contributed by atoms with van der Waals surface area (Å²) >= 11 is 0. The quantitative estimate of drug-likeness (QED) is 0.808. The Kier molecular flexibility index (Phi) is 3.84. The minimum Gasteiger partial charge on any atom is -0.468 e. The number of carbonyl (C=O) groups excluding carboxylic acids is 2. The molecule has 5 nitrogen and oxygen atoms in total. The smallest absolute Gasteiger partial charge is 0.325 e. The molecular formula is C16H26N2O3. The summed E-state index contributed by atoms with van der Waals surface area (Å²) in [5, 5.41) is 3.28. The molecule has 0 unspecified atom stereocenters. The van der Waals surface area contributed by atoms with Crippen LogP contribution in [-0.4, -0.2) is 42.6 Å². The van der Waals surface area contributed by atoms with Crippen LogP contribution in [0.15, 0.2) is 0 Å². The van der Waals surface area contributed by atoms with E-state index in [0.29, 0.717) is 6.54 Å². The highest BCUT2D eigenvalue weighted by molar-refractivity contribution is 5.81. The van der Waals surface area contributed by atoms with Gasteiger partial charge in [-0.1, -0.05) is 0 Å². The van der Waals surface area contributed by atoms with Gasteiger partial charge in [0.25, 0.3) is 0 Å². The standard InChI is InChI=1S/C16H26N2O3/c1-3-18(10-14(19)21-2)15(20)17-16-7-11-4-12(8-16)6-13(5-11)9-16/h11-13H,3-10H2,1-2H3,(H,17,20). The predicted octanol–water partition coefficient (Wildman–Crippen LogP) is 2.16. The van der Waals surface area contributed by atoms with Crippen molar-refractivity contribution in [3.63, 3.8) is 0 Å². The topological polar surface area (TPSA) is 58.6 Å². The Balaban J connectivity index is 1.65. The highest BCUT2D eigenvalue weighted by Gasteiger charge is 2.51. The number of rotatable bonds is 4. The molecule has 0 aromatic rings. The molecule has 4 rings (SSSR count). The molecule has 4 bridgehead atoms. The van der Waals surface area contributed by atoms with Gasteiger partial charge in [0.2, 0.25) is 0 Å². The number of methoxy groups -OCH3 is 1. The molecule has 2 amide bonds. The van der Waals surface area contributed by atoms with Crippen LogP contribution in [0.25, 0.3) is 0 Å². The summed E-state index contributed by atoms with van der Waals surface area (Å²) in [5.74, 6) is 2.03. The molecule has 21 heavy (non-hydrogen) atoms. The Labute approximate surface area is 126 Å². The maximum atomic E-state index is 12.5. The van der Waals surface area contributed by atoms with E-state index in [9.17, 15) is 9.59 Å². The van der Waals surface area contributed by atoms with Crippen LogP contribution in [0.2, 0.25) is 0 Å². The zero-order valence-corrected chi connectivity index (χ0v) is 13.1. The third kappa shape index (κ3) is 2.87. The average Bonchev–Trinajstić information content (AvgIpc) is 2.42. The minimum atomic E-state index is -0.363. The fourth-order valence-corrected chi connectivity index (χ4v) is 5.12. The number of hydrogen-bond donors (Lipinski definition) is 1. The molecule has 0 aromatic carbocycles. The van der Waals surface area contributed by atoms with Gasteiger partial charge in [0.15, 0.2) is 0 Å². The van der Waals surface area contributed by atoms with Crippen LogP contribution in [-0.2, 0) is 9.53 Å². The fourth-order valence-electron chi connectivity index (χ4n) is 5.12. The number of amides is 2. The number of nitrogens with zero attached hydrogens (tertiary/aromatic N) is 1. The normalized spacial score (nSPS) is 36.4. The zero-order chi connectivity index (χ0) is 15.0. The van der Waals surface area contributed by atoms with E-state index in [2.05, 4.69) is 10.1 Å². The number of ether oxygens (including phenoxy) is 1. The molecule has 4 saturated carbocycles. The third-order valence-corrected chi connectivity index (χ3v) is 5.63. The molecule has 0 radical (unpaired) electrons. The number of nitrogens with one attached hydrogen (secondary N) is 1. The van der Waals surface area contributed by atoms with Gasteiger partial charge in [-0.2, -0.15) is 0 Å². The van der Waals surface area contributed by atoms with Gasteiger partial charge in [-0.3, -0.25) is 4.79 Å². The number of urea groups is 1. The first-order chi connectivity index (χ1) is 10.0. The van der Waals surface area contributed by atoms with Gasteiger partial charge in [-0.15, -0.1) is 0 Å². The molecule has 0 saturated heterocycles. The van der Waals surface area contributed by atoms with E-state index in [1.165, 1.54) is 26.4 Å². The summed E-state index contributed by atoms with van der Waals surface area (Å²) in [4.78, 5) is 25.5. The second kappa shape index (κ2) is 5.50. The van der Waals surface area contributed by atoms with Gasteiger partial charge in [0, 0.05) is 12.1 Å². The molecule has 0 atom stereocenters. The summed E-state index contributed by atoms with van der Waals surface area (Å²) < 4.78 is 4.67. The third-order valence-electron chi connectivity index (χ3n) is 5.63. The van der Waals surface area contributed by atoms with E-state index in [-0.39, 0.29) is 24.1 Å². The molecule has 0 spiro atoms. The van der Waals surface area contributed by atoms with Crippen molar-refractivity contribution >= 4 is 12.0 Å². The van der Waals surface area contributed by atoms with Crippen molar-refractivity contribution in [2.24, 2.45) is 17.8 Å². The lowest BCUT2D eigenvalue weighted by Crippen LogP contribution is -2.62. The molecule has 1 N–H and O–H groups in total. The van der Waals surface area contributed by atoms with Crippen LogP contribution in [0, 0.1) is 17.8 Å². The maximum Gasteiger partial charge on any atom is 0.325 e. The molecule has 118 valence electrons. The largest absolute Gasteiger partial charge is 0.468 e. The second-order valence-corrected chi connectivity index (χ2v) is 7.22. The molecule has 5 heteroatoms. The monoisotopic (exact) mass is 294 g/mol. The SMILES string of the molecule is CCN(CC(=O)OC)C(=O)NC12CC3CC(CC(C3)C1)C2. The van der Waals surface area contributed by atoms with Crippen molar-refractivity contribution in [3.05, 3.63) is 0 Å². The van der Waals surface area contributed by atoms with E-state index in [0.717, 1.165) is 37.0 Å². The number of likely N-dealkylation sites (N-methyl/N-ethyl adjacent to an activating group) is 1. The van der Waals surface area contributed by atoms with Crippen LogP contribution in [0.5, 0.6) is 0 Å². The Bertz CT molecular complexity index is 400. The summed E-state index contributed by atoms with van der Waals surface area (Å²) in [7, 11) is 1.35. The average molecular weight is 294 g/mol. The summed E-state index contributed by atoms with van der Waals surface area (Å²) in [6.45, 7) is 2.45. The van der Waals surface area contributed by atoms with Gasteiger partial charge in [0.05, 0.1) is 7.11 Å². The Hall–Kier alpha value is -1.26. The fraction of sp³-hybridized carbons (Fsp3) is 0.875. The van der Waals surface area contributed by atoms with Gasteiger partial charge in [-0.25, -0.2) is 4.79 Å². The van der Waals surface area contributed by atoms with E-state index in [4.69, 9.17) is 0 Å². The zero-order valence-electron chi connectivity index (χ0n) is 13.1. The molecule has 4 fully saturated rings. The van der Waals surface area contributed by atoms with Crippen molar-refractivity contribution in [1.82, 2.24) is 10.2 Å². The van der Waals surface area contributed by atoms with Crippen molar-refractivity contribution in [1.29, 1.82) is 0 Å². The summed E-state index contributed by atoms with van der Waals surface area (Å²) in [5.41, 5.74) is -0.00459. The van der Waals surface area contributed by atoms with Crippen LogP contribution in [0.3, 0.4) is 0 Å². The molecule has 4 aliphatic carbocycles. The summed E-state index contributed by atoms with van der Waals surface area (Å²) in [6.07, 6.45) is 7.44. The Morgan fingerprint density at radius 3 is 2.10 bits per heavy atom. The number of esters is 1. The van der Waals surface area contributed by atoms with Crippen LogP contribution in [0.1, 0.15) is 45.4 Å². The van der Waals surface area contributed by atoms with Crippen molar-refractivity contribution < 1.29 is 14.3 Å². The van der Waals surface area contributed by atoms with E-state index in [1.54, 1.807) is 4.90 Å². The summed E-state index contributed by atoms with van der Waals surface area (Å²) in [6, 6.07) is -0.107. The van der Waals surface area contributed by atoms with Crippen LogP contribution < -0.4 is 5.32 Å². The lowest BCUT2D eigenvalue weighted by atomic mass is 9.53. The first kappa shape index (κ1) is 14.7. The van der Waals surface area contributed by atoms with Crippen molar-refractivity contribution in [2.45, 2.75) is 51.0 Å². The molecule has 4 aliphatic rings. The highest BCUT2D eigenvalue weighted by atomic mass is 16.5. The minimum absolute atomic E-state index is 0.00459. The lowest BCUT2D eigenvalue weighted by Gasteiger charge is -2.57. The molecule has 0 heterocycles. The van der Waals surface area contributed by atoms with E-state index in [1.807, 2.05) is 6.92 Å². The molecule has 0 aliphatic heterocycles. The Morgan fingerprint density at radius 2 is 1.67 bits per heavy atom. The van der Waals surface area contributed by atoms with E-state index >= 15 is 0 Å². The van der Waals surface area contributed by atoms with Gasteiger partial charge in [0.1, 0.15) is 6.54 Å². The lowest BCUT2D eigenvalue weighted by molar-refractivity contribution is -0.141. The molecular weight excluding hydrogens is 268 g/mol. The second-order valence-electron chi connectivity index (χ2n) is 7.22. The van der Waals surface area contributed by atoms with E-state index < -0.39 is 0 Å². The van der Waals surface area contributed by atoms with Gasteiger partial charge < -0.3 is 15.0 Å². The maximum absolute atomic E-state index is 12.5. The predicted molar refractivity (Wildman–Crippen MR) is 78.7 cm³/mol. The van der Waals surface area contributed by atoms with Crippen LogP contribution >= 0.6 is 0 Å².